The van der Waals surface area contributed by atoms with Gasteiger partial charge in [-0.2, -0.15) is 5.01 Å². The molecule has 2 amide bonds. The van der Waals surface area contributed by atoms with E-state index in [0.717, 1.165) is 22.3 Å². The molecule has 0 aliphatic carbocycles. The van der Waals surface area contributed by atoms with E-state index in [9.17, 15) is 9.59 Å². The number of thioether (sulfide) groups is 1. The van der Waals surface area contributed by atoms with Crippen molar-refractivity contribution in [2.75, 3.05) is 14.2 Å². The van der Waals surface area contributed by atoms with E-state index in [1.54, 1.807) is 43.5 Å². The molecule has 0 saturated carbocycles. The number of carbonyl (C=O) groups excluding carboxylic acids is 2. The fourth-order valence-corrected chi connectivity index (χ4v) is 3.77. The van der Waals surface area contributed by atoms with Gasteiger partial charge in [0.05, 0.1) is 19.1 Å². The molecule has 1 aliphatic heterocycles. The summed E-state index contributed by atoms with van der Waals surface area (Å²) in [4.78, 5) is 25.6. The molecule has 1 N–H and O–H groups in total. The molecule has 6 nitrogen and oxygen atoms in total. The molecule has 1 saturated heterocycles. The van der Waals surface area contributed by atoms with Crippen molar-refractivity contribution >= 4 is 46.2 Å². The van der Waals surface area contributed by atoms with Gasteiger partial charge >= 0.3 is 0 Å². The lowest BCUT2D eigenvalue weighted by molar-refractivity contribution is -0.123. The Morgan fingerprint density at radius 1 is 1.14 bits per heavy atom. The molecule has 1 heterocycles. The minimum absolute atomic E-state index is 0.249. The molecule has 1 aliphatic rings. The maximum absolute atomic E-state index is 12.8. The van der Waals surface area contributed by atoms with Gasteiger partial charge in [0.2, 0.25) is 0 Å². The highest BCUT2D eigenvalue weighted by Gasteiger charge is 2.34. The predicted octanol–water partition coefficient (Wildman–Crippen LogP) is 3.56. The maximum atomic E-state index is 12.8. The molecule has 0 atom stereocenters. The molecule has 1 fully saturated rings. The molecule has 8 heteroatoms. The molecular formula is C20H18N2O4S2. The van der Waals surface area contributed by atoms with Crippen LogP contribution in [0.4, 0.5) is 0 Å². The Bertz CT molecular complexity index is 971. The van der Waals surface area contributed by atoms with Crippen molar-refractivity contribution in [1.29, 1.82) is 0 Å². The maximum Gasteiger partial charge on any atom is 0.285 e. The minimum atomic E-state index is -0.406. The van der Waals surface area contributed by atoms with Crippen molar-refractivity contribution in [3.05, 3.63) is 64.1 Å². The highest BCUT2D eigenvalue weighted by Crippen LogP contribution is 2.36. The fourth-order valence-electron chi connectivity index (χ4n) is 2.60. The normalized spacial score (nSPS) is 15.1. The van der Waals surface area contributed by atoms with Gasteiger partial charge in [0, 0.05) is 11.1 Å². The van der Waals surface area contributed by atoms with E-state index in [1.165, 1.54) is 7.11 Å². The number of ether oxygens (including phenoxy) is 2. The van der Waals surface area contributed by atoms with Crippen LogP contribution in [0.1, 0.15) is 21.5 Å². The zero-order valence-electron chi connectivity index (χ0n) is 15.5. The number of nitrogens with one attached hydrogen (secondary N) is 1. The van der Waals surface area contributed by atoms with Crippen LogP contribution in [0.5, 0.6) is 11.5 Å². The molecule has 2 aromatic carbocycles. The number of para-hydroxylation sites is 1. The molecule has 2 aromatic rings. The number of carbonyl (C=O) groups is 2. The first-order valence-corrected chi connectivity index (χ1v) is 9.53. The first kappa shape index (κ1) is 19.9. The lowest BCUT2D eigenvalue weighted by Gasteiger charge is -2.15. The molecule has 0 aromatic heterocycles. The van der Waals surface area contributed by atoms with E-state index in [0.29, 0.717) is 27.5 Å². The SMILES string of the molecule is COc1cccc(C=C2SC(=S)N(NC(=O)c3ccc(C)cc3)C2=O)c1OC. The number of nitrogens with zero attached hydrogens (tertiary/aromatic N) is 1. The van der Waals surface area contributed by atoms with Crippen molar-refractivity contribution < 1.29 is 19.1 Å². The summed E-state index contributed by atoms with van der Waals surface area (Å²) in [6.45, 7) is 1.93. The van der Waals surface area contributed by atoms with Gasteiger partial charge in [0.25, 0.3) is 11.8 Å². The van der Waals surface area contributed by atoms with Gasteiger partial charge in [-0.3, -0.25) is 15.0 Å². The Hall–Kier alpha value is -2.84. The molecule has 0 spiro atoms. The van der Waals surface area contributed by atoms with E-state index >= 15 is 0 Å². The summed E-state index contributed by atoms with van der Waals surface area (Å²) < 4.78 is 10.9. The lowest BCUT2D eigenvalue weighted by atomic mass is 10.1. The Labute approximate surface area is 172 Å². The monoisotopic (exact) mass is 414 g/mol. The van der Waals surface area contributed by atoms with Crippen molar-refractivity contribution in [2.24, 2.45) is 0 Å². The van der Waals surface area contributed by atoms with E-state index in [-0.39, 0.29) is 4.32 Å². The van der Waals surface area contributed by atoms with Gasteiger partial charge in [0.1, 0.15) is 0 Å². The third-order valence-electron chi connectivity index (χ3n) is 4.04. The highest BCUT2D eigenvalue weighted by atomic mass is 32.2. The number of benzene rings is 2. The van der Waals surface area contributed by atoms with Gasteiger partial charge in [-0.15, -0.1) is 0 Å². The Balaban J connectivity index is 1.83. The van der Waals surface area contributed by atoms with Gasteiger partial charge in [0.15, 0.2) is 15.8 Å². The predicted molar refractivity (Wildman–Crippen MR) is 113 cm³/mol. The number of hydrogen-bond acceptors (Lipinski definition) is 6. The van der Waals surface area contributed by atoms with E-state index in [1.807, 2.05) is 19.1 Å². The summed E-state index contributed by atoms with van der Waals surface area (Å²) in [5, 5.41) is 1.08. The van der Waals surface area contributed by atoms with Crippen LogP contribution < -0.4 is 14.9 Å². The van der Waals surface area contributed by atoms with Crippen molar-refractivity contribution in [3.63, 3.8) is 0 Å². The van der Waals surface area contributed by atoms with Crippen LogP contribution in [0.25, 0.3) is 6.08 Å². The second-order valence-corrected chi connectivity index (χ2v) is 7.58. The summed E-state index contributed by atoms with van der Waals surface area (Å²) in [5.41, 5.74) is 4.72. The first-order valence-electron chi connectivity index (χ1n) is 8.31. The quantitative estimate of drug-likeness (QED) is 0.596. The first-order chi connectivity index (χ1) is 13.4. The van der Waals surface area contributed by atoms with E-state index < -0.39 is 11.8 Å². The Morgan fingerprint density at radius 3 is 2.50 bits per heavy atom. The van der Waals surface area contributed by atoms with Crippen molar-refractivity contribution in [3.8, 4) is 11.5 Å². The third kappa shape index (κ3) is 4.02. The topological polar surface area (TPSA) is 67.9 Å². The van der Waals surface area contributed by atoms with Crippen LogP contribution in [0.15, 0.2) is 47.4 Å². The molecule has 0 unspecified atom stereocenters. The number of amides is 2. The van der Waals surface area contributed by atoms with Crippen LogP contribution in [0.3, 0.4) is 0 Å². The second kappa shape index (κ2) is 8.45. The van der Waals surface area contributed by atoms with E-state index in [2.05, 4.69) is 5.43 Å². The lowest BCUT2D eigenvalue weighted by Crippen LogP contribution is -2.44. The van der Waals surface area contributed by atoms with Crippen molar-refractivity contribution in [1.82, 2.24) is 10.4 Å². The molecular weight excluding hydrogens is 396 g/mol. The Morgan fingerprint density at radius 2 is 1.86 bits per heavy atom. The summed E-state index contributed by atoms with van der Waals surface area (Å²) in [6.07, 6.45) is 1.67. The van der Waals surface area contributed by atoms with Gasteiger partial charge < -0.3 is 9.47 Å². The molecule has 0 radical (unpaired) electrons. The Kier molecular flexibility index (Phi) is 6.01. The van der Waals surface area contributed by atoms with Crippen LogP contribution >= 0.6 is 24.0 Å². The number of thiocarbonyl (C=S) groups is 1. The molecule has 3 rings (SSSR count). The number of rotatable bonds is 5. The summed E-state index contributed by atoms with van der Waals surface area (Å²) in [7, 11) is 3.07. The average Bonchev–Trinajstić information content (AvgIpc) is 2.95. The largest absolute Gasteiger partial charge is 0.493 e. The van der Waals surface area contributed by atoms with E-state index in [4.69, 9.17) is 21.7 Å². The summed E-state index contributed by atoms with van der Waals surface area (Å²) >= 11 is 6.37. The van der Waals surface area contributed by atoms with Crippen LogP contribution in [0, 0.1) is 6.92 Å². The average molecular weight is 415 g/mol. The number of hydrogen-bond donors (Lipinski definition) is 1. The minimum Gasteiger partial charge on any atom is -0.493 e. The number of methoxy groups -OCH3 is 2. The van der Waals surface area contributed by atoms with Gasteiger partial charge in [-0.05, 0) is 43.4 Å². The van der Waals surface area contributed by atoms with Crippen LogP contribution in [0.2, 0.25) is 0 Å². The third-order valence-corrected chi connectivity index (χ3v) is 5.34. The summed E-state index contributed by atoms with van der Waals surface area (Å²) in [6, 6.07) is 12.4. The number of hydrazine groups is 1. The molecule has 144 valence electrons. The summed E-state index contributed by atoms with van der Waals surface area (Å²) in [5.74, 6) is 0.259. The zero-order valence-corrected chi connectivity index (χ0v) is 17.1. The molecule has 0 bridgehead atoms. The van der Waals surface area contributed by atoms with Crippen LogP contribution in [-0.2, 0) is 4.79 Å². The van der Waals surface area contributed by atoms with Crippen LogP contribution in [-0.4, -0.2) is 35.4 Å². The number of aryl methyl sites for hydroxylation is 1. The van der Waals surface area contributed by atoms with Crippen molar-refractivity contribution in [2.45, 2.75) is 6.92 Å². The highest BCUT2D eigenvalue weighted by molar-refractivity contribution is 8.26. The smallest absolute Gasteiger partial charge is 0.285 e. The fraction of sp³-hybridized carbons (Fsp3) is 0.150. The standard InChI is InChI=1S/C20H18N2O4S2/c1-12-7-9-13(10-8-12)18(23)21-22-19(24)16(28-20(22)27)11-14-5-4-6-15(25-2)17(14)26-3/h4-11H,1-3H3,(H,21,23). The molecule has 28 heavy (non-hydrogen) atoms. The van der Waals surface area contributed by atoms with Gasteiger partial charge in [-0.25, -0.2) is 0 Å². The second-order valence-electron chi connectivity index (χ2n) is 5.91. The zero-order chi connectivity index (χ0) is 20.3. The van der Waals surface area contributed by atoms with Gasteiger partial charge in [-0.1, -0.05) is 41.6 Å².